The molecule has 1 aliphatic heterocycles. The van der Waals surface area contributed by atoms with Crippen molar-refractivity contribution in [2.75, 3.05) is 6.61 Å². The van der Waals surface area contributed by atoms with Crippen LogP contribution in [0.4, 0.5) is 0 Å². The molecular formula is C25H23ClN2O3. The molecule has 0 spiro atoms. The minimum atomic E-state index is -0.609. The molecule has 6 heteroatoms. The molecule has 0 fully saturated rings. The van der Waals surface area contributed by atoms with Crippen LogP contribution >= 0.6 is 11.6 Å². The summed E-state index contributed by atoms with van der Waals surface area (Å²) < 4.78 is 5.67. The van der Waals surface area contributed by atoms with Gasteiger partial charge in [0.2, 0.25) is 0 Å². The van der Waals surface area contributed by atoms with Gasteiger partial charge in [-0.3, -0.25) is 14.5 Å². The third-order valence-electron chi connectivity index (χ3n) is 5.07. The lowest BCUT2D eigenvalue weighted by Gasteiger charge is -2.27. The lowest BCUT2D eigenvalue weighted by atomic mass is 9.93. The van der Waals surface area contributed by atoms with Gasteiger partial charge in [0.05, 0.1) is 13.2 Å². The number of hydrogen-bond donors (Lipinski definition) is 0. The Morgan fingerprint density at radius 3 is 2.45 bits per heavy atom. The first-order chi connectivity index (χ1) is 15.0. The summed E-state index contributed by atoms with van der Waals surface area (Å²) in [7, 11) is 0. The van der Waals surface area contributed by atoms with E-state index in [0.29, 0.717) is 28.3 Å². The Kier molecular flexibility index (Phi) is 7.28. The van der Waals surface area contributed by atoms with Crippen LogP contribution in [0.3, 0.4) is 0 Å². The number of rotatable bonds is 7. The number of nitrogens with zero attached hydrogens (tertiary/aromatic N) is 2. The number of imide groups is 1. The van der Waals surface area contributed by atoms with Gasteiger partial charge in [-0.2, -0.15) is 5.26 Å². The Hall–Kier alpha value is -3.36. The fraction of sp³-hybridized carbons (Fsp3) is 0.240. The maximum absolute atomic E-state index is 13.2. The van der Waals surface area contributed by atoms with Gasteiger partial charge in [-0.05, 0) is 54.3 Å². The molecular weight excluding hydrogens is 412 g/mol. The molecule has 2 aromatic carbocycles. The number of unbranched alkanes of at least 4 members (excludes halogenated alkanes) is 1. The van der Waals surface area contributed by atoms with Crippen LogP contribution in [-0.4, -0.2) is 23.3 Å². The second-order valence-electron chi connectivity index (χ2n) is 7.23. The van der Waals surface area contributed by atoms with Gasteiger partial charge in [-0.15, -0.1) is 0 Å². The molecule has 5 nitrogen and oxygen atoms in total. The van der Waals surface area contributed by atoms with Crippen molar-refractivity contribution in [2.24, 2.45) is 0 Å². The smallest absolute Gasteiger partial charge is 0.271 e. The molecule has 31 heavy (non-hydrogen) atoms. The summed E-state index contributed by atoms with van der Waals surface area (Å²) >= 11 is 6.21. The zero-order chi connectivity index (χ0) is 22.4. The maximum Gasteiger partial charge on any atom is 0.271 e. The second kappa shape index (κ2) is 10.1. The normalized spacial score (nSPS) is 15.4. The third-order valence-corrected chi connectivity index (χ3v) is 5.44. The largest absolute Gasteiger partial charge is 0.494 e. The van der Waals surface area contributed by atoms with E-state index in [1.54, 1.807) is 37.3 Å². The SMILES string of the molecule is CCCCOc1ccc(/C=C2/C(=O)N(Cc3ccccc3Cl)C(=O)C(C#N)=C2C)cc1. The summed E-state index contributed by atoms with van der Waals surface area (Å²) in [5.41, 5.74) is 2.04. The van der Waals surface area contributed by atoms with Crippen molar-refractivity contribution in [3.05, 3.63) is 81.4 Å². The molecule has 0 N–H and O–H groups in total. The van der Waals surface area contributed by atoms with Crippen LogP contribution in [0, 0.1) is 11.3 Å². The summed E-state index contributed by atoms with van der Waals surface area (Å²) in [5.74, 6) is -0.308. The zero-order valence-corrected chi connectivity index (χ0v) is 18.3. The molecule has 1 heterocycles. The van der Waals surface area contributed by atoms with E-state index in [1.807, 2.05) is 30.3 Å². The highest BCUT2D eigenvalue weighted by molar-refractivity contribution is 6.31. The van der Waals surface area contributed by atoms with E-state index in [4.69, 9.17) is 16.3 Å². The Balaban J connectivity index is 1.92. The van der Waals surface area contributed by atoms with Crippen LogP contribution in [0.5, 0.6) is 5.75 Å². The van der Waals surface area contributed by atoms with Crippen molar-refractivity contribution >= 4 is 29.5 Å². The highest BCUT2D eigenvalue weighted by Gasteiger charge is 2.35. The molecule has 158 valence electrons. The molecule has 2 amide bonds. The first-order valence-corrected chi connectivity index (χ1v) is 10.5. The van der Waals surface area contributed by atoms with Gasteiger partial charge in [0.15, 0.2) is 0 Å². The fourth-order valence-corrected chi connectivity index (χ4v) is 3.43. The van der Waals surface area contributed by atoms with E-state index in [2.05, 4.69) is 6.92 Å². The first-order valence-electron chi connectivity index (χ1n) is 10.1. The van der Waals surface area contributed by atoms with E-state index in [-0.39, 0.29) is 12.1 Å². The van der Waals surface area contributed by atoms with Gasteiger partial charge in [0, 0.05) is 10.6 Å². The number of benzene rings is 2. The Morgan fingerprint density at radius 2 is 1.81 bits per heavy atom. The quantitative estimate of drug-likeness (QED) is 0.336. The van der Waals surface area contributed by atoms with E-state index >= 15 is 0 Å². The molecule has 1 aliphatic rings. The average molecular weight is 435 g/mol. The van der Waals surface area contributed by atoms with Gasteiger partial charge < -0.3 is 4.74 Å². The monoisotopic (exact) mass is 434 g/mol. The van der Waals surface area contributed by atoms with Crippen molar-refractivity contribution in [1.29, 1.82) is 5.26 Å². The van der Waals surface area contributed by atoms with Crippen LogP contribution in [0.1, 0.15) is 37.8 Å². The fourth-order valence-electron chi connectivity index (χ4n) is 3.23. The Labute approximate surface area is 187 Å². The minimum Gasteiger partial charge on any atom is -0.494 e. The Morgan fingerprint density at radius 1 is 1.10 bits per heavy atom. The Bertz CT molecular complexity index is 1090. The third kappa shape index (κ3) is 5.04. The van der Waals surface area contributed by atoms with Crippen LogP contribution in [0.15, 0.2) is 65.3 Å². The van der Waals surface area contributed by atoms with Crippen molar-refractivity contribution < 1.29 is 14.3 Å². The summed E-state index contributed by atoms with van der Waals surface area (Å²) in [4.78, 5) is 27.1. The lowest BCUT2D eigenvalue weighted by Crippen LogP contribution is -2.42. The first kappa shape index (κ1) is 22.3. The molecule has 0 bridgehead atoms. The molecule has 0 aliphatic carbocycles. The van der Waals surface area contributed by atoms with Crippen molar-refractivity contribution in [1.82, 2.24) is 4.90 Å². The number of ether oxygens (including phenoxy) is 1. The summed E-state index contributed by atoms with van der Waals surface area (Å²) in [5, 5.41) is 10.00. The number of halogens is 1. The molecule has 0 radical (unpaired) electrons. The number of nitriles is 1. The van der Waals surface area contributed by atoms with Crippen LogP contribution in [0.25, 0.3) is 6.08 Å². The number of amides is 2. The van der Waals surface area contributed by atoms with Gasteiger partial charge in [0.25, 0.3) is 11.8 Å². The number of hydrogen-bond acceptors (Lipinski definition) is 4. The second-order valence-corrected chi connectivity index (χ2v) is 7.64. The lowest BCUT2D eigenvalue weighted by molar-refractivity contribution is -0.141. The molecule has 3 rings (SSSR count). The maximum atomic E-state index is 13.2. The van der Waals surface area contributed by atoms with Gasteiger partial charge in [-0.25, -0.2) is 0 Å². The van der Waals surface area contributed by atoms with E-state index in [1.165, 1.54) is 0 Å². The predicted molar refractivity (Wildman–Crippen MR) is 120 cm³/mol. The molecule has 0 unspecified atom stereocenters. The molecule has 2 aromatic rings. The van der Waals surface area contributed by atoms with Gasteiger partial charge in [0.1, 0.15) is 17.4 Å². The van der Waals surface area contributed by atoms with Crippen LogP contribution < -0.4 is 4.74 Å². The highest BCUT2D eigenvalue weighted by atomic mass is 35.5. The average Bonchev–Trinajstić information content (AvgIpc) is 2.77. The standard InChI is InChI=1S/C25H23ClN2O3/c1-3-4-13-31-20-11-9-18(10-12-20)14-21-17(2)22(15-27)25(30)28(24(21)29)16-19-7-5-6-8-23(19)26/h5-12,14H,3-4,13,16H2,1-2H3/b21-14+. The van der Waals surface area contributed by atoms with Crippen LogP contribution in [-0.2, 0) is 16.1 Å². The van der Waals surface area contributed by atoms with Crippen molar-refractivity contribution in [3.63, 3.8) is 0 Å². The predicted octanol–water partition coefficient (Wildman–Crippen LogP) is 5.31. The van der Waals surface area contributed by atoms with Crippen molar-refractivity contribution in [3.8, 4) is 11.8 Å². The van der Waals surface area contributed by atoms with E-state index < -0.39 is 11.8 Å². The van der Waals surface area contributed by atoms with Gasteiger partial charge >= 0.3 is 0 Å². The summed E-state index contributed by atoms with van der Waals surface area (Å²) in [6, 6.07) is 16.3. The summed E-state index contributed by atoms with van der Waals surface area (Å²) in [6.07, 6.45) is 3.73. The van der Waals surface area contributed by atoms with Crippen LogP contribution in [0.2, 0.25) is 5.02 Å². The molecule has 0 saturated heterocycles. The number of carbonyl (C=O) groups excluding carboxylic acids is 2. The van der Waals surface area contributed by atoms with E-state index in [9.17, 15) is 14.9 Å². The zero-order valence-electron chi connectivity index (χ0n) is 17.5. The highest BCUT2D eigenvalue weighted by Crippen LogP contribution is 2.29. The topological polar surface area (TPSA) is 70.4 Å². The van der Waals surface area contributed by atoms with E-state index in [0.717, 1.165) is 29.1 Å². The molecule has 0 atom stereocenters. The summed E-state index contributed by atoms with van der Waals surface area (Å²) in [6.45, 7) is 4.37. The van der Waals surface area contributed by atoms with Crippen molar-refractivity contribution in [2.45, 2.75) is 33.2 Å². The molecule has 0 aromatic heterocycles. The van der Waals surface area contributed by atoms with Gasteiger partial charge in [-0.1, -0.05) is 55.3 Å². The molecule has 0 saturated carbocycles. The number of carbonyl (C=O) groups is 2. The minimum absolute atomic E-state index is 0.00263.